The summed E-state index contributed by atoms with van der Waals surface area (Å²) in [6, 6.07) is 17.1. The van der Waals surface area contributed by atoms with Crippen molar-refractivity contribution in [1.82, 2.24) is 29.7 Å². The molecule has 4 saturated heterocycles. The van der Waals surface area contributed by atoms with Crippen LogP contribution in [0.5, 0.6) is 29.0 Å². The summed E-state index contributed by atoms with van der Waals surface area (Å²) in [5, 5.41) is 10.2. The Hall–Kier alpha value is -6.92. The Labute approximate surface area is 453 Å². The van der Waals surface area contributed by atoms with Gasteiger partial charge < -0.3 is 47.9 Å². The molecule has 5 aromatic rings. The first kappa shape index (κ1) is 54.4. The van der Waals surface area contributed by atoms with Crippen LogP contribution < -0.4 is 33.5 Å². The van der Waals surface area contributed by atoms with Gasteiger partial charge in [0.25, 0.3) is 0 Å². The topological polar surface area (TPSA) is 160 Å². The molecule has 2 aromatic heterocycles. The number of methoxy groups -OCH3 is 5. The predicted octanol–water partition coefficient (Wildman–Crippen LogP) is 7.91. The summed E-state index contributed by atoms with van der Waals surface area (Å²) in [4.78, 5) is 39.1. The van der Waals surface area contributed by atoms with Crippen LogP contribution in [0.3, 0.4) is 0 Å². The Morgan fingerprint density at radius 3 is 2.28 bits per heavy atom. The highest BCUT2D eigenvalue weighted by atomic mass is 19.1. The number of amides is 1. The van der Waals surface area contributed by atoms with Gasteiger partial charge in [-0.3, -0.25) is 14.6 Å². The number of alkyl halides is 1. The summed E-state index contributed by atoms with van der Waals surface area (Å²) >= 11 is 0. The van der Waals surface area contributed by atoms with E-state index in [0.29, 0.717) is 78.5 Å². The standard InChI is InChI=1S/C58H68F3N9O8/c1-72-41-16-22-66(23-17-41)20-6-8-53(71)70-25-24-67(34-40(70)15-19-62)56-45-35-77-51(29-48(45)63-57(65-56)78-36-58-18-7-21-69(58)33-39(59)30-58)54-47(61)28-46(60)44-13-14-52(64-55(44)54)68(31-37-9-11-42(73-2)26-49(37)75-4)32-38-10-12-43(74-3)27-50(38)76-5/h6,8-14,26-28,39-41,51H,7,15-18,20-25,29-36H2,1-5H3/b8-6+/t39-,40?,51?,58?/m1/s1. The predicted molar refractivity (Wildman–Crippen MR) is 286 cm³/mol. The number of nitriles is 1. The lowest BCUT2D eigenvalue weighted by Crippen LogP contribution is -2.55. The number of piperazine rings is 1. The number of likely N-dealkylation sites (tertiary alicyclic amines) is 1. The molecule has 17 nitrogen and oxygen atoms in total. The minimum absolute atomic E-state index is 0.0401. The second-order valence-electron chi connectivity index (χ2n) is 20.8. The van der Waals surface area contributed by atoms with Gasteiger partial charge in [0, 0.05) is 131 Å². The van der Waals surface area contributed by atoms with E-state index in [9.17, 15) is 14.4 Å². The fourth-order valence-electron chi connectivity index (χ4n) is 12.0. The van der Waals surface area contributed by atoms with Crippen molar-refractivity contribution >= 4 is 28.4 Å². The number of benzene rings is 3. The minimum Gasteiger partial charge on any atom is -0.497 e. The first-order valence-electron chi connectivity index (χ1n) is 26.8. The van der Waals surface area contributed by atoms with E-state index in [2.05, 4.69) is 15.9 Å². The largest absolute Gasteiger partial charge is 0.497 e. The number of hydrogen-bond acceptors (Lipinski definition) is 16. The molecule has 78 heavy (non-hydrogen) atoms. The maximum absolute atomic E-state index is 16.8. The summed E-state index contributed by atoms with van der Waals surface area (Å²) in [7, 11) is 8.05. The van der Waals surface area contributed by atoms with Gasteiger partial charge in [-0.1, -0.05) is 6.08 Å². The van der Waals surface area contributed by atoms with Gasteiger partial charge in [0.1, 0.15) is 59.0 Å². The third-order valence-corrected chi connectivity index (χ3v) is 16.2. The van der Waals surface area contributed by atoms with Crippen LogP contribution in [0.1, 0.15) is 72.6 Å². The van der Waals surface area contributed by atoms with Gasteiger partial charge in [0.2, 0.25) is 5.91 Å². The first-order chi connectivity index (χ1) is 37.9. The Kier molecular flexibility index (Phi) is 16.7. The van der Waals surface area contributed by atoms with Crippen LogP contribution in [-0.2, 0) is 40.4 Å². The molecule has 3 unspecified atom stereocenters. The van der Waals surface area contributed by atoms with Crippen molar-refractivity contribution in [3.05, 3.63) is 106 Å². The third kappa shape index (κ3) is 11.5. The minimum atomic E-state index is -0.985. The normalized spacial score (nSPS) is 21.9. The van der Waals surface area contributed by atoms with Crippen molar-refractivity contribution in [2.24, 2.45) is 0 Å². The summed E-state index contributed by atoms with van der Waals surface area (Å²) in [5.41, 5.74) is 2.40. The molecule has 5 aliphatic heterocycles. The molecule has 0 bridgehead atoms. The summed E-state index contributed by atoms with van der Waals surface area (Å²) in [5.74, 6) is 1.49. The number of carbonyl (C=O) groups excluding carboxylic acids is 1. The fraction of sp³-hybridized carbons (Fsp3) is 0.500. The Morgan fingerprint density at radius 2 is 1.60 bits per heavy atom. The SMILES string of the molecule is COc1ccc(CN(Cc2ccc(OC)cc2OC)c2ccc3c(F)cc(F)c(C4Cc5nc(OCC67CCCN6C[C@H](F)C7)nc(N6CCN(C(=O)/C=C/CN7CCC(OC)CC7)C(CC#N)C6)c5CO4)c3n2)c(OC)c1. The van der Waals surface area contributed by atoms with E-state index in [4.69, 9.17) is 48.1 Å². The second-order valence-corrected chi connectivity index (χ2v) is 20.8. The molecule has 5 aliphatic rings. The van der Waals surface area contributed by atoms with Gasteiger partial charge in [-0.15, -0.1) is 0 Å². The summed E-state index contributed by atoms with van der Waals surface area (Å²) in [6.45, 7) is 5.17. The summed E-state index contributed by atoms with van der Waals surface area (Å²) in [6.07, 6.45) is 5.85. The van der Waals surface area contributed by atoms with Gasteiger partial charge in [-0.05, 0) is 68.6 Å². The van der Waals surface area contributed by atoms with Crippen molar-refractivity contribution in [3.8, 4) is 35.1 Å². The van der Waals surface area contributed by atoms with Crippen LogP contribution in [0, 0.1) is 23.0 Å². The average molecular weight is 1080 g/mol. The highest BCUT2D eigenvalue weighted by Crippen LogP contribution is 2.43. The second kappa shape index (κ2) is 24.0. The summed E-state index contributed by atoms with van der Waals surface area (Å²) < 4.78 is 89.1. The monoisotopic (exact) mass is 1080 g/mol. The lowest BCUT2D eigenvalue weighted by atomic mass is 9.95. The Bertz CT molecular complexity index is 2990. The Morgan fingerprint density at radius 1 is 0.872 bits per heavy atom. The van der Waals surface area contributed by atoms with Crippen LogP contribution in [-0.4, -0.2) is 154 Å². The number of halogens is 3. The molecule has 0 saturated carbocycles. The lowest BCUT2D eigenvalue weighted by Gasteiger charge is -2.42. The van der Waals surface area contributed by atoms with Crippen LogP contribution in [0.25, 0.3) is 10.9 Å². The van der Waals surface area contributed by atoms with E-state index in [1.165, 1.54) is 0 Å². The van der Waals surface area contributed by atoms with Gasteiger partial charge in [-0.2, -0.15) is 15.2 Å². The molecule has 10 rings (SSSR count). The van der Waals surface area contributed by atoms with Crippen LogP contribution >= 0.6 is 0 Å². The molecular weight excluding hydrogens is 1010 g/mol. The van der Waals surface area contributed by atoms with Gasteiger partial charge in [0.05, 0.1) is 82.5 Å². The molecule has 3 aromatic carbocycles. The first-order valence-corrected chi connectivity index (χ1v) is 26.8. The molecule has 414 valence electrons. The van der Waals surface area contributed by atoms with Crippen molar-refractivity contribution < 1.29 is 51.1 Å². The third-order valence-electron chi connectivity index (χ3n) is 16.2. The molecule has 0 spiro atoms. The van der Waals surface area contributed by atoms with Gasteiger partial charge in [-0.25, -0.2) is 18.2 Å². The van der Waals surface area contributed by atoms with E-state index >= 15 is 8.78 Å². The quantitative estimate of drug-likeness (QED) is 0.0734. The number of pyridine rings is 1. The molecular formula is C58H68F3N9O8. The zero-order valence-electron chi connectivity index (χ0n) is 45.0. The van der Waals surface area contributed by atoms with Crippen LogP contribution in [0.2, 0.25) is 0 Å². The van der Waals surface area contributed by atoms with Gasteiger partial charge >= 0.3 is 6.01 Å². The van der Waals surface area contributed by atoms with E-state index in [0.717, 1.165) is 62.5 Å². The lowest BCUT2D eigenvalue weighted by molar-refractivity contribution is -0.128. The number of rotatable bonds is 19. The number of hydrogen-bond donors (Lipinski definition) is 0. The van der Waals surface area contributed by atoms with E-state index < -0.39 is 35.5 Å². The number of anilines is 2. The van der Waals surface area contributed by atoms with Crippen LogP contribution in [0.4, 0.5) is 24.8 Å². The van der Waals surface area contributed by atoms with E-state index in [1.807, 2.05) is 40.1 Å². The molecule has 4 atom stereocenters. The molecule has 7 heterocycles. The number of nitrogens with zero attached hydrogens (tertiary/aromatic N) is 9. The molecule has 4 fully saturated rings. The Balaban J connectivity index is 0.977. The van der Waals surface area contributed by atoms with Crippen LogP contribution in [0.15, 0.2) is 66.7 Å². The number of aromatic nitrogens is 3. The maximum Gasteiger partial charge on any atom is 0.318 e. The number of piperidine rings is 1. The van der Waals surface area contributed by atoms with E-state index in [1.54, 1.807) is 70.8 Å². The van der Waals surface area contributed by atoms with Crippen molar-refractivity contribution in [1.29, 1.82) is 5.26 Å². The maximum atomic E-state index is 16.8. The van der Waals surface area contributed by atoms with Crippen molar-refractivity contribution in [2.45, 2.75) is 94.6 Å². The molecule has 0 aliphatic carbocycles. The van der Waals surface area contributed by atoms with Crippen molar-refractivity contribution in [2.75, 3.05) is 104 Å². The molecule has 20 heteroatoms. The number of fused-ring (bicyclic) bond motifs is 3. The zero-order valence-corrected chi connectivity index (χ0v) is 45.0. The molecule has 1 amide bonds. The average Bonchev–Trinajstić information content (AvgIpc) is 4.10. The highest BCUT2D eigenvalue weighted by Gasteiger charge is 2.49. The fourth-order valence-corrected chi connectivity index (χ4v) is 12.0. The van der Waals surface area contributed by atoms with Gasteiger partial charge in [0.15, 0.2) is 0 Å². The zero-order chi connectivity index (χ0) is 54.5. The highest BCUT2D eigenvalue weighted by molar-refractivity contribution is 5.88. The van der Waals surface area contributed by atoms with E-state index in [-0.39, 0.29) is 80.2 Å². The molecule has 0 radical (unpaired) electrons. The smallest absolute Gasteiger partial charge is 0.318 e. The number of carbonyl (C=O) groups is 1. The van der Waals surface area contributed by atoms with Crippen molar-refractivity contribution in [3.63, 3.8) is 0 Å². The number of ether oxygens (including phenoxy) is 7. The molecule has 0 N–H and O–H groups in total.